The van der Waals surface area contributed by atoms with E-state index in [-0.39, 0.29) is 22.4 Å². The molecule has 0 nitrogen and oxygen atoms in total. The van der Waals surface area contributed by atoms with Crippen LogP contribution in [0.3, 0.4) is 0 Å². The number of hydrogen-bond donors (Lipinski definition) is 0. The summed E-state index contributed by atoms with van der Waals surface area (Å²) < 4.78 is 0. The van der Waals surface area contributed by atoms with Gasteiger partial charge in [-0.2, -0.15) is 6.58 Å². The summed E-state index contributed by atoms with van der Waals surface area (Å²) in [6.45, 7) is 3.88. The first kappa shape index (κ1) is 11.4. The van der Waals surface area contributed by atoms with Gasteiger partial charge in [-0.1, -0.05) is 12.2 Å². The van der Waals surface area contributed by atoms with E-state index >= 15 is 0 Å². The van der Waals surface area contributed by atoms with Crippen molar-refractivity contribution in [3.05, 3.63) is 66.2 Å². The third kappa shape index (κ3) is 2.21. The molecule has 2 aliphatic carbocycles. The monoisotopic (exact) mass is 262 g/mol. The van der Waals surface area contributed by atoms with Crippen molar-refractivity contribution in [2.75, 3.05) is 0 Å². The van der Waals surface area contributed by atoms with Gasteiger partial charge in [-0.3, -0.25) is 0 Å². The molecule has 0 aliphatic heterocycles. The molecule has 0 atom stereocenters. The molecule has 0 fully saturated rings. The third-order valence-corrected chi connectivity index (χ3v) is 2.44. The van der Waals surface area contributed by atoms with Crippen LogP contribution < -0.4 is 0 Å². The van der Waals surface area contributed by atoms with Crippen LogP contribution in [0.4, 0.5) is 0 Å². The molecule has 2 rings (SSSR count). The van der Waals surface area contributed by atoms with Crippen molar-refractivity contribution >= 4 is 0 Å². The molecule has 0 aromatic rings. The summed E-state index contributed by atoms with van der Waals surface area (Å²) in [5.74, 6) is 1.31. The van der Waals surface area contributed by atoms with E-state index in [1.165, 1.54) is 17.1 Å². The average Bonchev–Trinajstić information content (AvgIpc) is 2.76. The predicted molar refractivity (Wildman–Crippen MR) is 57.1 cm³/mol. The molecule has 14 heavy (non-hydrogen) atoms. The van der Waals surface area contributed by atoms with Crippen molar-refractivity contribution in [1.29, 1.82) is 0 Å². The minimum Gasteiger partial charge on any atom is -0.169 e. The zero-order valence-electron chi connectivity index (χ0n) is 8.11. The summed E-state index contributed by atoms with van der Waals surface area (Å²) in [5, 5.41) is 0. The van der Waals surface area contributed by atoms with Crippen molar-refractivity contribution in [3.8, 4) is 0 Å². The van der Waals surface area contributed by atoms with Gasteiger partial charge in [0.2, 0.25) is 0 Å². The molecule has 0 spiro atoms. The second-order valence-electron chi connectivity index (χ2n) is 3.27. The van der Waals surface area contributed by atoms with Crippen molar-refractivity contribution in [1.82, 2.24) is 0 Å². The summed E-state index contributed by atoms with van der Waals surface area (Å²) in [6.07, 6.45) is 17.0. The van der Waals surface area contributed by atoms with Crippen LogP contribution in [0.1, 0.15) is 12.8 Å². The van der Waals surface area contributed by atoms with Gasteiger partial charge in [-0.15, -0.1) is 47.4 Å². The van der Waals surface area contributed by atoms with E-state index in [4.69, 9.17) is 0 Å². The fourth-order valence-corrected chi connectivity index (χ4v) is 1.76. The second-order valence-corrected chi connectivity index (χ2v) is 3.27. The first-order valence-electron chi connectivity index (χ1n) is 4.63. The molecule has 0 unspecified atom stereocenters. The first-order valence-corrected chi connectivity index (χ1v) is 4.63. The summed E-state index contributed by atoms with van der Waals surface area (Å²) in [5.41, 5.74) is 2.79. The standard InChI is InChI=1S/C13H13.Nb/c1-2-13(11-7-3-4-8-11)12-9-5-6-10-12;/h2-7,9H,1,8,10H2;/q-1;. The van der Waals surface area contributed by atoms with Crippen LogP contribution in [-0.2, 0) is 22.4 Å². The Kier molecular flexibility index (Phi) is 4.27. The molecule has 0 saturated carbocycles. The van der Waals surface area contributed by atoms with E-state index in [1.807, 2.05) is 6.08 Å². The average molecular weight is 262 g/mol. The maximum Gasteiger partial charge on any atom is 0 e. The summed E-state index contributed by atoms with van der Waals surface area (Å²) >= 11 is 0. The summed E-state index contributed by atoms with van der Waals surface area (Å²) in [6, 6.07) is 0. The number of hydrogen-bond acceptors (Lipinski definition) is 0. The molecule has 0 aromatic heterocycles. The molecule has 0 heterocycles. The van der Waals surface area contributed by atoms with Gasteiger partial charge in [-0.25, -0.2) is 0 Å². The molecular formula is C13H13Nb-. The van der Waals surface area contributed by atoms with E-state index in [0.717, 1.165) is 12.8 Å². The van der Waals surface area contributed by atoms with Crippen molar-refractivity contribution < 1.29 is 22.4 Å². The quantitative estimate of drug-likeness (QED) is 0.539. The van der Waals surface area contributed by atoms with Crippen LogP contribution in [0.2, 0.25) is 0 Å². The van der Waals surface area contributed by atoms with Crippen molar-refractivity contribution in [3.63, 3.8) is 0 Å². The predicted octanol–water partition coefficient (Wildman–Crippen LogP) is 3.52. The fraction of sp³-hybridized carbons (Fsp3) is 0.154. The van der Waals surface area contributed by atoms with Crippen LogP contribution in [0.5, 0.6) is 0 Å². The van der Waals surface area contributed by atoms with Crippen LogP contribution >= 0.6 is 0 Å². The van der Waals surface area contributed by atoms with Gasteiger partial charge in [0.15, 0.2) is 0 Å². The molecule has 0 aromatic carbocycles. The van der Waals surface area contributed by atoms with E-state index in [0.29, 0.717) is 0 Å². The molecule has 0 saturated heterocycles. The van der Waals surface area contributed by atoms with Crippen LogP contribution in [0.15, 0.2) is 60.3 Å². The van der Waals surface area contributed by atoms with Crippen LogP contribution in [0, 0.1) is 5.92 Å². The van der Waals surface area contributed by atoms with Gasteiger partial charge >= 0.3 is 0 Å². The maximum absolute atomic E-state index is 3.88. The van der Waals surface area contributed by atoms with Gasteiger partial charge in [0.25, 0.3) is 0 Å². The summed E-state index contributed by atoms with van der Waals surface area (Å²) in [4.78, 5) is 0. The molecule has 0 amide bonds. The molecule has 1 radical (unpaired) electrons. The van der Waals surface area contributed by atoms with Gasteiger partial charge < -0.3 is 0 Å². The SMILES string of the molecule is C=C[C-](C1=CC=CC1)C1=CC=CC1.[Nb]. The first-order chi connectivity index (χ1) is 6.42. The summed E-state index contributed by atoms with van der Waals surface area (Å²) in [7, 11) is 0. The molecule has 71 valence electrons. The Hall–Kier alpha value is -0.690. The Morgan fingerprint density at radius 2 is 1.57 bits per heavy atom. The van der Waals surface area contributed by atoms with Crippen LogP contribution in [0.25, 0.3) is 0 Å². The van der Waals surface area contributed by atoms with E-state index in [1.54, 1.807) is 0 Å². The zero-order valence-corrected chi connectivity index (χ0v) is 10.3. The Morgan fingerprint density at radius 1 is 1.07 bits per heavy atom. The van der Waals surface area contributed by atoms with E-state index in [2.05, 4.69) is 43.0 Å². The van der Waals surface area contributed by atoms with Gasteiger partial charge in [0.1, 0.15) is 0 Å². The Balaban J connectivity index is 0.000000980. The minimum atomic E-state index is 0. The Labute approximate surface area is 101 Å². The van der Waals surface area contributed by atoms with Crippen molar-refractivity contribution in [2.24, 2.45) is 0 Å². The Morgan fingerprint density at radius 3 is 1.86 bits per heavy atom. The van der Waals surface area contributed by atoms with Gasteiger partial charge in [-0.05, 0) is 12.8 Å². The topological polar surface area (TPSA) is 0 Å². The van der Waals surface area contributed by atoms with E-state index in [9.17, 15) is 0 Å². The third-order valence-electron chi connectivity index (χ3n) is 2.44. The normalized spacial score (nSPS) is 17.4. The van der Waals surface area contributed by atoms with Crippen LogP contribution in [-0.4, -0.2) is 0 Å². The fourth-order valence-electron chi connectivity index (χ4n) is 1.76. The van der Waals surface area contributed by atoms with Crippen molar-refractivity contribution in [2.45, 2.75) is 12.8 Å². The number of rotatable bonds is 3. The Bertz CT molecular complexity index is 299. The second kappa shape index (κ2) is 5.26. The molecule has 0 bridgehead atoms. The van der Waals surface area contributed by atoms with Gasteiger partial charge in [0.05, 0.1) is 0 Å². The molecule has 1 heteroatoms. The molecule has 2 aliphatic rings. The maximum atomic E-state index is 3.88. The molecule has 0 N–H and O–H groups in total. The van der Waals surface area contributed by atoms with Gasteiger partial charge in [0, 0.05) is 22.4 Å². The number of allylic oxidation sites excluding steroid dienone is 9. The smallest absolute Gasteiger partial charge is 0 e. The minimum absolute atomic E-state index is 0. The zero-order chi connectivity index (χ0) is 9.10. The van der Waals surface area contributed by atoms with E-state index < -0.39 is 0 Å². The molecular weight excluding hydrogens is 249 g/mol. The largest absolute Gasteiger partial charge is 0.169 e.